The summed E-state index contributed by atoms with van der Waals surface area (Å²) in [7, 11) is 0. The van der Waals surface area contributed by atoms with Crippen molar-refractivity contribution in [2.45, 2.75) is 92.4 Å². The zero-order chi connectivity index (χ0) is 18.7. The molecule has 3 atom stereocenters. The van der Waals surface area contributed by atoms with Gasteiger partial charge in [-0.25, -0.2) is 0 Å². The standard InChI is InChI=1S/C23H39NO/c1-17(9-7-10-19(3)24-25)11-13-20-18(2)12-14-21-22(4,5)15-8-16-23(20,21)6/h9,20-21,25H,2,7-8,10-16H2,1,3-6H3/b17-9-,24-19-/t20-,21-,23-/m0/s1. The highest BCUT2D eigenvalue weighted by Gasteiger charge is 2.52. The molecule has 0 radical (unpaired) electrons. The molecule has 0 bridgehead atoms. The summed E-state index contributed by atoms with van der Waals surface area (Å²) < 4.78 is 0. The Balaban J connectivity index is 2.02. The molecule has 2 heteroatoms. The van der Waals surface area contributed by atoms with E-state index in [2.05, 4.69) is 45.5 Å². The van der Waals surface area contributed by atoms with Crippen molar-refractivity contribution >= 4 is 5.71 Å². The van der Waals surface area contributed by atoms with Crippen molar-refractivity contribution in [3.63, 3.8) is 0 Å². The minimum absolute atomic E-state index is 0.442. The Labute approximate surface area is 155 Å². The first-order chi connectivity index (χ1) is 11.7. The zero-order valence-electron chi connectivity index (χ0n) is 17.2. The van der Waals surface area contributed by atoms with Gasteiger partial charge in [0, 0.05) is 0 Å². The third kappa shape index (κ3) is 4.57. The molecule has 0 aromatic rings. The van der Waals surface area contributed by atoms with E-state index in [1.54, 1.807) is 0 Å². The molecule has 1 N–H and O–H groups in total. The molecule has 25 heavy (non-hydrogen) atoms. The highest BCUT2D eigenvalue weighted by Crippen LogP contribution is 2.61. The van der Waals surface area contributed by atoms with Crippen LogP contribution in [0.25, 0.3) is 0 Å². The summed E-state index contributed by atoms with van der Waals surface area (Å²) in [5.41, 5.74) is 4.71. The second-order valence-electron chi connectivity index (χ2n) is 9.61. The maximum atomic E-state index is 8.74. The predicted molar refractivity (Wildman–Crippen MR) is 108 cm³/mol. The van der Waals surface area contributed by atoms with Gasteiger partial charge in [0.05, 0.1) is 5.71 Å². The van der Waals surface area contributed by atoms with Gasteiger partial charge in [0.1, 0.15) is 0 Å². The molecule has 0 heterocycles. The predicted octanol–water partition coefficient (Wildman–Crippen LogP) is 7.14. The fourth-order valence-electron chi connectivity index (χ4n) is 5.86. The molecular formula is C23H39NO. The van der Waals surface area contributed by atoms with Gasteiger partial charge < -0.3 is 5.21 Å². The minimum atomic E-state index is 0.442. The van der Waals surface area contributed by atoms with Crippen molar-refractivity contribution in [2.75, 3.05) is 0 Å². The fraction of sp³-hybridized carbons (Fsp3) is 0.783. The first kappa shape index (κ1) is 20.3. The number of fused-ring (bicyclic) bond motifs is 1. The highest BCUT2D eigenvalue weighted by atomic mass is 16.4. The molecule has 0 spiro atoms. The number of allylic oxidation sites excluding steroid dienone is 3. The smallest absolute Gasteiger partial charge is 0.0543 e. The zero-order valence-corrected chi connectivity index (χ0v) is 17.2. The van der Waals surface area contributed by atoms with Gasteiger partial charge >= 0.3 is 0 Å². The molecule has 2 rings (SSSR count). The van der Waals surface area contributed by atoms with Crippen LogP contribution in [-0.2, 0) is 0 Å². The summed E-state index contributed by atoms with van der Waals surface area (Å²) in [5.74, 6) is 1.52. The Hall–Kier alpha value is -1.05. The van der Waals surface area contributed by atoms with Crippen LogP contribution in [-0.4, -0.2) is 10.9 Å². The lowest BCUT2D eigenvalue weighted by Crippen LogP contribution is -2.49. The Kier molecular flexibility index (Phi) is 6.56. The van der Waals surface area contributed by atoms with E-state index in [1.807, 2.05) is 6.92 Å². The monoisotopic (exact) mass is 345 g/mol. The van der Waals surface area contributed by atoms with Crippen LogP contribution in [0.1, 0.15) is 92.4 Å². The van der Waals surface area contributed by atoms with Crippen LogP contribution in [0.5, 0.6) is 0 Å². The van der Waals surface area contributed by atoms with Crippen LogP contribution in [0.3, 0.4) is 0 Å². The largest absolute Gasteiger partial charge is 0.411 e. The highest BCUT2D eigenvalue weighted by molar-refractivity contribution is 5.81. The molecule has 0 aromatic heterocycles. The summed E-state index contributed by atoms with van der Waals surface area (Å²) in [6.07, 6.45) is 13.3. The van der Waals surface area contributed by atoms with E-state index in [0.717, 1.165) is 24.5 Å². The maximum absolute atomic E-state index is 8.74. The van der Waals surface area contributed by atoms with E-state index in [9.17, 15) is 0 Å². The third-order valence-corrected chi connectivity index (χ3v) is 7.32. The van der Waals surface area contributed by atoms with Gasteiger partial charge in [-0.2, -0.15) is 0 Å². The Morgan fingerprint density at radius 2 is 1.96 bits per heavy atom. The van der Waals surface area contributed by atoms with Gasteiger partial charge in [-0.05, 0) is 87.9 Å². The average molecular weight is 346 g/mol. The number of oxime groups is 1. The van der Waals surface area contributed by atoms with Crippen LogP contribution >= 0.6 is 0 Å². The van der Waals surface area contributed by atoms with Crippen LogP contribution in [0.15, 0.2) is 29.0 Å². The molecule has 2 saturated carbocycles. The van der Waals surface area contributed by atoms with Crippen LogP contribution < -0.4 is 0 Å². The van der Waals surface area contributed by atoms with Crippen molar-refractivity contribution < 1.29 is 5.21 Å². The summed E-state index contributed by atoms with van der Waals surface area (Å²) in [5, 5.41) is 12.0. The lowest BCUT2D eigenvalue weighted by Gasteiger charge is -2.58. The first-order valence-corrected chi connectivity index (χ1v) is 10.2. The van der Waals surface area contributed by atoms with Crippen LogP contribution in [0.2, 0.25) is 0 Å². The summed E-state index contributed by atoms with van der Waals surface area (Å²) >= 11 is 0. The molecule has 2 fully saturated rings. The van der Waals surface area contributed by atoms with Crippen LogP contribution in [0.4, 0.5) is 0 Å². The number of hydrogen-bond donors (Lipinski definition) is 1. The van der Waals surface area contributed by atoms with E-state index in [-0.39, 0.29) is 0 Å². The van der Waals surface area contributed by atoms with Gasteiger partial charge in [0.25, 0.3) is 0 Å². The number of hydrogen-bond acceptors (Lipinski definition) is 2. The van der Waals surface area contributed by atoms with Crippen molar-refractivity contribution in [3.8, 4) is 0 Å². The average Bonchev–Trinajstić information content (AvgIpc) is 2.53. The summed E-state index contributed by atoms with van der Waals surface area (Å²) in [6, 6.07) is 0. The summed E-state index contributed by atoms with van der Waals surface area (Å²) in [6.45, 7) is 16.2. The molecule has 2 nitrogen and oxygen atoms in total. The molecule has 0 unspecified atom stereocenters. The van der Waals surface area contributed by atoms with E-state index < -0.39 is 0 Å². The maximum Gasteiger partial charge on any atom is 0.0543 e. The summed E-state index contributed by atoms with van der Waals surface area (Å²) in [4.78, 5) is 0. The molecule has 0 saturated heterocycles. The molecule has 142 valence electrons. The second kappa shape index (κ2) is 8.10. The van der Waals surface area contributed by atoms with Crippen LogP contribution in [0, 0.1) is 22.7 Å². The SMILES string of the molecule is C=C1CC[C@H]2C(C)(C)CCC[C@@]2(C)[C@H]1CC/C(C)=C\CC/C(C)=N\O. The second-order valence-corrected chi connectivity index (χ2v) is 9.61. The Morgan fingerprint density at radius 3 is 2.64 bits per heavy atom. The lowest BCUT2D eigenvalue weighted by atomic mass is 9.47. The lowest BCUT2D eigenvalue weighted by molar-refractivity contribution is -0.0539. The van der Waals surface area contributed by atoms with Crippen molar-refractivity contribution in [3.05, 3.63) is 23.8 Å². The van der Waals surface area contributed by atoms with E-state index in [4.69, 9.17) is 5.21 Å². The topological polar surface area (TPSA) is 32.6 Å². The molecule has 0 amide bonds. The minimum Gasteiger partial charge on any atom is -0.411 e. The molecule has 2 aliphatic carbocycles. The van der Waals surface area contributed by atoms with Gasteiger partial charge in [-0.15, -0.1) is 0 Å². The normalized spacial score (nSPS) is 33.2. The van der Waals surface area contributed by atoms with Gasteiger partial charge in [0.2, 0.25) is 0 Å². The van der Waals surface area contributed by atoms with E-state index >= 15 is 0 Å². The van der Waals surface area contributed by atoms with E-state index in [1.165, 1.54) is 56.1 Å². The first-order valence-electron chi connectivity index (χ1n) is 10.2. The van der Waals surface area contributed by atoms with Crippen molar-refractivity contribution in [1.82, 2.24) is 0 Å². The van der Waals surface area contributed by atoms with E-state index in [0.29, 0.717) is 16.7 Å². The molecule has 2 aliphatic rings. The third-order valence-electron chi connectivity index (χ3n) is 7.32. The Bertz CT molecular complexity index is 542. The van der Waals surface area contributed by atoms with Crippen molar-refractivity contribution in [1.29, 1.82) is 0 Å². The fourth-order valence-corrected chi connectivity index (χ4v) is 5.86. The van der Waals surface area contributed by atoms with Gasteiger partial charge in [-0.3, -0.25) is 0 Å². The molecule has 0 aliphatic heterocycles. The quantitative estimate of drug-likeness (QED) is 0.236. The van der Waals surface area contributed by atoms with Crippen molar-refractivity contribution in [2.24, 2.45) is 27.8 Å². The molecule has 0 aromatic carbocycles. The number of rotatable bonds is 6. The Morgan fingerprint density at radius 1 is 1.24 bits per heavy atom. The van der Waals surface area contributed by atoms with Gasteiger partial charge in [0.15, 0.2) is 0 Å². The van der Waals surface area contributed by atoms with Gasteiger partial charge in [-0.1, -0.05) is 56.1 Å². The molecular weight excluding hydrogens is 306 g/mol. The number of nitrogens with zero attached hydrogens (tertiary/aromatic N) is 1.